The number of fused-ring (bicyclic) bond motifs is 2. The van der Waals surface area contributed by atoms with Crippen LogP contribution in [0.1, 0.15) is 35.8 Å². The molecule has 2 atom stereocenters. The largest absolute Gasteiger partial charge is 0.464 e. The summed E-state index contributed by atoms with van der Waals surface area (Å²) >= 11 is 1.49. The summed E-state index contributed by atoms with van der Waals surface area (Å²) in [5, 5.41) is 2.56. The fourth-order valence-corrected chi connectivity index (χ4v) is 5.29. The summed E-state index contributed by atoms with van der Waals surface area (Å²) in [6.45, 7) is 0.693. The van der Waals surface area contributed by atoms with Gasteiger partial charge in [0.05, 0.1) is 18.7 Å². The Labute approximate surface area is 166 Å². The van der Waals surface area contributed by atoms with Gasteiger partial charge in [0.15, 0.2) is 5.82 Å². The van der Waals surface area contributed by atoms with Crippen LogP contribution in [0, 0.1) is 0 Å². The molecule has 3 heterocycles. The molecule has 0 saturated carbocycles. The summed E-state index contributed by atoms with van der Waals surface area (Å²) in [6, 6.07) is 12.9. The maximum absolute atomic E-state index is 12.8. The molecular weight excluding hydrogens is 370 g/mol. The number of H-pyrrole nitrogens is 1. The number of benzene rings is 1. The van der Waals surface area contributed by atoms with Crippen molar-refractivity contribution in [1.82, 2.24) is 9.97 Å². The first-order valence-electron chi connectivity index (χ1n) is 9.65. The van der Waals surface area contributed by atoms with E-state index in [0.29, 0.717) is 23.7 Å². The van der Waals surface area contributed by atoms with Gasteiger partial charge < -0.3 is 14.3 Å². The predicted octanol–water partition coefficient (Wildman–Crippen LogP) is 3.34. The topological polar surface area (TPSA) is 63.3 Å². The molecule has 0 fully saturated rings. The van der Waals surface area contributed by atoms with E-state index in [1.165, 1.54) is 33.8 Å². The van der Waals surface area contributed by atoms with Gasteiger partial charge in [-0.25, -0.2) is 4.98 Å². The fraction of sp³-hybridized carbons (Fsp3) is 0.273. The molecule has 0 spiro atoms. The van der Waals surface area contributed by atoms with Crippen molar-refractivity contribution in [3.63, 3.8) is 0 Å². The van der Waals surface area contributed by atoms with Gasteiger partial charge in [0.1, 0.15) is 23.2 Å². The third-order valence-corrected chi connectivity index (χ3v) is 6.56. The monoisotopic (exact) mass is 392 g/mol. The van der Waals surface area contributed by atoms with Gasteiger partial charge in [0, 0.05) is 22.9 Å². The van der Waals surface area contributed by atoms with Gasteiger partial charge in [-0.15, -0.1) is 11.3 Å². The molecule has 0 bridgehead atoms. The summed E-state index contributed by atoms with van der Waals surface area (Å²) in [4.78, 5) is 22.7. The summed E-state index contributed by atoms with van der Waals surface area (Å²) in [6.07, 6.45) is 5.15. The number of hydrogen-bond donors (Lipinski definition) is 2. The molecule has 0 aliphatic heterocycles. The van der Waals surface area contributed by atoms with E-state index >= 15 is 0 Å². The molecule has 142 valence electrons. The fourth-order valence-electron chi connectivity index (χ4n) is 4.34. The van der Waals surface area contributed by atoms with Gasteiger partial charge in [-0.2, -0.15) is 0 Å². The Hall–Kier alpha value is -2.70. The zero-order valence-corrected chi connectivity index (χ0v) is 16.5. The molecule has 0 amide bonds. The SMILES string of the molecule is C[NH+](Cc1nc2scc(-c3ccco3)c2c(=O)[nH]1)[C@H]1CCCc2ccccc21. The first-order valence-corrected chi connectivity index (χ1v) is 10.5. The van der Waals surface area contributed by atoms with E-state index in [2.05, 4.69) is 36.3 Å². The molecule has 0 saturated heterocycles. The Morgan fingerprint density at radius 3 is 3.04 bits per heavy atom. The van der Waals surface area contributed by atoms with E-state index < -0.39 is 0 Å². The maximum Gasteiger partial charge on any atom is 0.260 e. The third kappa shape index (κ3) is 2.99. The van der Waals surface area contributed by atoms with Crippen molar-refractivity contribution < 1.29 is 9.32 Å². The van der Waals surface area contributed by atoms with Crippen LogP contribution in [0.4, 0.5) is 0 Å². The normalized spacial score (nSPS) is 17.5. The molecule has 28 heavy (non-hydrogen) atoms. The van der Waals surface area contributed by atoms with Gasteiger partial charge in [-0.05, 0) is 30.5 Å². The second-order valence-electron chi connectivity index (χ2n) is 7.49. The number of aromatic nitrogens is 2. The Morgan fingerprint density at radius 1 is 1.29 bits per heavy atom. The molecule has 1 aliphatic rings. The van der Waals surface area contributed by atoms with E-state index in [0.717, 1.165) is 29.1 Å². The Balaban J connectivity index is 1.46. The summed E-state index contributed by atoms with van der Waals surface area (Å²) in [5.41, 5.74) is 3.61. The van der Waals surface area contributed by atoms with Crippen LogP contribution in [0.5, 0.6) is 0 Å². The number of thiophene rings is 1. The van der Waals surface area contributed by atoms with Crippen LogP contribution in [0.2, 0.25) is 0 Å². The molecule has 1 aromatic carbocycles. The highest BCUT2D eigenvalue weighted by molar-refractivity contribution is 7.17. The van der Waals surface area contributed by atoms with Crippen LogP contribution in [0.15, 0.2) is 57.3 Å². The number of aromatic amines is 1. The van der Waals surface area contributed by atoms with E-state index in [9.17, 15) is 4.79 Å². The predicted molar refractivity (Wildman–Crippen MR) is 111 cm³/mol. The number of aryl methyl sites for hydroxylation is 1. The minimum Gasteiger partial charge on any atom is -0.464 e. The zero-order valence-electron chi connectivity index (χ0n) is 15.7. The first-order chi connectivity index (χ1) is 13.7. The quantitative estimate of drug-likeness (QED) is 0.560. The molecule has 1 aliphatic carbocycles. The lowest BCUT2D eigenvalue weighted by Crippen LogP contribution is -3.08. The lowest BCUT2D eigenvalue weighted by Gasteiger charge is -2.30. The van der Waals surface area contributed by atoms with Crippen LogP contribution in [-0.4, -0.2) is 17.0 Å². The van der Waals surface area contributed by atoms with E-state index in [4.69, 9.17) is 9.40 Å². The molecule has 3 aromatic heterocycles. The molecule has 4 aromatic rings. The Bertz CT molecular complexity index is 1180. The van der Waals surface area contributed by atoms with Gasteiger partial charge >= 0.3 is 0 Å². The average Bonchev–Trinajstić information content (AvgIpc) is 3.37. The number of furan rings is 1. The summed E-state index contributed by atoms with van der Waals surface area (Å²) < 4.78 is 5.47. The first kappa shape index (κ1) is 17.4. The number of nitrogens with one attached hydrogen (secondary N) is 2. The Morgan fingerprint density at radius 2 is 2.18 bits per heavy atom. The van der Waals surface area contributed by atoms with Crippen molar-refractivity contribution >= 4 is 21.6 Å². The number of rotatable bonds is 4. The van der Waals surface area contributed by atoms with E-state index in [1.807, 2.05) is 17.5 Å². The number of hydrogen-bond acceptors (Lipinski definition) is 4. The molecule has 5 rings (SSSR count). The minimum absolute atomic E-state index is 0.0931. The number of nitrogens with zero attached hydrogens (tertiary/aromatic N) is 1. The van der Waals surface area contributed by atoms with Gasteiger partial charge in [0.2, 0.25) is 0 Å². The van der Waals surface area contributed by atoms with Crippen LogP contribution in [0.3, 0.4) is 0 Å². The second-order valence-corrected chi connectivity index (χ2v) is 8.34. The smallest absolute Gasteiger partial charge is 0.260 e. The summed E-state index contributed by atoms with van der Waals surface area (Å²) in [7, 11) is 2.19. The van der Waals surface area contributed by atoms with Gasteiger partial charge in [-0.3, -0.25) is 4.79 Å². The maximum atomic E-state index is 12.8. The molecule has 6 heteroatoms. The molecule has 2 N–H and O–H groups in total. The van der Waals surface area contributed by atoms with Gasteiger partial charge in [0.25, 0.3) is 5.56 Å². The highest BCUT2D eigenvalue weighted by Gasteiger charge is 2.27. The van der Waals surface area contributed by atoms with E-state index in [-0.39, 0.29) is 5.56 Å². The molecule has 0 radical (unpaired) electrons. The standard InChI is InChI=1S/C22H21N3O2S/c1-25(17-9-4-7-14-6-2-3-8-15(14)17)12-19-23-21(26)20-16(13-28-22(20)24-19)18-10-5-11-27-18/h2-3,5-6,8,10-11,13,17H,4,7,9,12H2,1H3,(H,23,24,26)/p+1/t17-/m0/s1. The second kappa shape index (κ2) is 7.04. The van der Waals surface area contributed by atoms with Crippen molar-refractivity contribution in [3.8, 4) is 11.3 Å². The highest BCUT2D eigenvalue weighted by Crippen LogP contribution is 2.31. The molecule has 5 nitrogen and oxygen atoms in total. The Kier molecular flexibility index (Phi) is 4.37. The highest BCUT2D eigenvalue weighted by atomic mass is 32.1. The van der Waals surface area contributed by atoms with Gasteiger partial charge in [-0.1, -0.05) is 24.3 Å². The minimum atomic E-state index is -0.0931. The molecule has 1 unspecified atom stereocenters. The lowest BCUT2D eigenvalue weighted by molar-refractivity contribution is -0.927. The van der Waals surface area contributed by atoms with Crippen LogP contribution in [0.25, 0.3) is 21.5 Å². The summed E-state index contributed by atoms with van der Waals surface area (Å²) in [5.74, 6) is 1.44. The molecular formula is C22H22N3O2S+. The van der Waals surface area contributed by atoms with Crippen molar-refractivity contribution in [1.29, 1.82) is 0 Å². The van der Waals surface area contributed by atoms with Crippen molar-refractivity contribution in [2.45, 2.75) is 31.8 Å². The number of quaternary nitrogens is 1. The van der Waals surface area contributed by atoms with Crippen LogP contribution < -0.4 is 10.5 Å². The van der Waals surface area contributed by atoms with Crippen molar-refractivity contribution in [2.75, 3.05) is 7.05 Å². The van der Waals surface area contributed by atoms with Crippen molar-refractivity contribution in [2.24, 2.45) is 0 Å². The third-order valence-electron chi connectivity index (χ3n) is 5.69. The van der Waals surface area contributed by atoms with E-state index in [1.54, 1.807) is 6.26 Å². The zero-order chi connectivity index (χ0) is 19.1. The van der Waals surface area contributed by atoms with Crippen LogP contribution in [-0.2, 0) is 13.0 Å². The van der Waals surface area contributed by atoms with Crippen molar-refractivity contribution in [3.05, 3.63) is 75.3 Å². The van der Waals surface area contributed by atoms with Crippen LogP contribution >= 0.6 is 11.3 Å². The average molecular weight is 393 g/mol. The lowest BCUT2D eigenvalue weighted by atomic mass is 9.87.